The number of hydrogen-bond donors (Lipinski definition) is 0. The first-order valence-corrected chi connectivity index (χ1v) is 7.04. The van der Waals surface area contributed by atoms with Crippen LogP contribution in [-0.2, 0) is 9.53 Å². The van der Waals surface area contributed by atoms with Gasteiger partial charge in [-0.25, -0.2) is 0 Å². The Hall–Kier alpha value is -2.07. The van der Waals surface area contributed by atoms with Gasteiger partial charge in [0.1, 0.15) is 0 Å². The average molecular weight is 286 g/mol. The second-order valence-electron chi connectivity index (χ2n) is 5.26. The Kier molecular flexibility index (Phi) is 4.06. The van der Waals surface area contributed by atoms with E-state index in [1.165, 1.54) is 0 Å². The van der Waals surface area contributed by atoms with Crippen LogP contribution in [0, 0.1) is 0 Å². The number of ketones is 1. The molecule has 1 aliphatic carbocycles. The van der Waals surface area contributed by atoms with Crippen LogP contribution in [0.3, 0.4) is 0 Å². The maximum atomic E-state index is 11.9. The highest BCUT2D eigenvalue weighted by molar-refractivity contribution is 5.92. The fourth-order valence-electron chi connectivity index (χ4n) is 2.74. The fraction of sp³-hybridized carbons (Fsp3) is 0.353. The molecule has 0 spiro atoms. The lowest BCUT2D eigenvalue weighted by atomic mass is 9.83. The van der Waals surface area contributed by atoms with Crippen molar-refractivity contribution in [1.82, 2.24) is 0 Å². The van der Waals surface area contributed by atoms with E-state index in [9.17, 15) is 4.79 Å². The highest BCUT2D eigenvalue weighted by Crippen LogP contribution is 2.38. The van der Waals surface area contributed by atoms with Crippen molar-refractivity contribution in [2.24, 2.45) is 0 Å². The van der Waals surface area contributed by atoms with Gasteiger partial charge in [-0.2, -0.15) is 0 Å². The SMILES string of the molecule is COC/C=C/C1=CC(=O)C[C@H](c2ccc3c(c2)OCO3)C1. The fourth-order valence-corrected chi connectivity index (χ4v) is 2.74. The van der Waals surface area contributed by atoms with Gasteiger partial charge in [-0.15, -0.1) is 0 Å². The number of carbonyl (C=O) groups is 1. The molecule has 0 amide bonds. The van der Waals surface area contributed by atoms with Crippen LogP contribution >= 0.6 is 0 Å². The summed E-state index contributed by atoms with van der Waals surface area (Å²) >= 11 is 0. The first-order valence-electron chi connectivity index (χ1n) is 7.04. The summed E-state index contributed by atoms with van der Waals surface area (Å²) in [5.41, 5.74) is 2.17. The second-order valence-corrected chi connectivity index (χ2v) is 5.26. The summed E-state index contributed by atoms with van der Waals surface area (Å²) in [6.07, 6.45) is 7.03. The van der Waals surface area contributed by atoms with Crippen molar-refractivity contribution in [3.8, 4) is 11.5 Å². The summed E-state index contributed by atoms with van der Waals surface area (Å²) in [4.78, 5) is 11.9. The molecule has 1 atom stereocenters. The normalized spacial score (nSPS) is 20.9. The molecule has 0 saturated carbocycles. The van der Waals surface area contributed by atoms with Crippen molar-refractivity contribution < 1.29 is 19.0 Å². The van der Waals surface area contributed by atoms with Crippen LogP contribution in [0.4, 0.5) is 0 Å². The Labute approximate surface area is 124 Å². The molecule has 0 N–H and O–H groups in total. The number of ether oxygens (including phenoxy) is 3. The molecule has 1 aromatic rings. The Morgan fingerprint density at radius 1 is 1.29 bits per heavy atom. The van der Waals surface area contributed by atoms with Crippen molar-refractivity contribution in [3.63, 3.8) is 0 Å². The van der Waals surface area contributed by atoms with Gasteiger partial charge >= 0.3 is 0 Å². The van der Waals surface area contributed by atoms with Gasteiger partial charge in [0.25, 0.3) is 0 Å². The van der Waals surface area contributed by atoms with Crippen LogP contribution in [0.15, 0.2) is 42.0 Å². The van der Waals surface area contributed by atoms with Gasteiger partial charge in [-0.05, 0) is 41.7 Å². The molecule has 0 bridgehead atoms. The monoisotopic (exact) mass is 286 g/mol. The maximum Gasteiger partial charge on any atom is 0.231 e. The van der Waals surface area contributed by atoms with Crippen molar-refractivity contribution in [1.29, 1.82) is 0 Å². The number of hydrogen-bond acceptors (Lipinski definition) is 4. The van der Waals surface area contributed by atoms with Crippen molar-refractivity contribution in [2.45, 2.75) is 18.8 Å². The summed E-state index contributed by atoms with van der Waals surface area (Å²) < 4.78 is 15.7. The van der Waals surface area contributed by atoms with Crippen molar-refractivity contribution in [3.05, 3.63) is 47.6 Å². The highest BCUT2D eigenvalue weighted by atomic mass is 16.7. The number of allylic oxidation sites excluding steroid dienone is 3. The van der Waals surface area contributed by atoms with Crippen molar-refractivity contribution >= 4 is 5.78 Å². The molecule has 21 heavy (non-hydrogen) atoms. The summed E-state index contributed by atoms with van der Waals surface area (Å²) in [7, 11) is 1.65. The summed E-state index contributed by atoms with van der Waals surface area (Å²) in [5.74, 6) is 1.91. The molecule has 0 aromatic heterocycles. The number of rotatable bonds is 4. The molecular formula is C17H18O4. The number of benzene rings is 1. The first-order chi connectivity index (χ1) is 10.3. The lowest BCUT2D eigenvalue weighted by molar-refractivity contribution is -0.115. The minimum atomic E-state index is 0.168. The lowest BCUT2D eigenvalue weighted by Crippen LogP contribution is -2.12. The predicted molar refractivity (Wildman–Crippen MR) is 78.6 cm³/mol. The Morgan fingerprint density at radius 3 is 3.00 bits per heavy atom. The molecular weight excluding hydrogens is 268 g/mol. The molecule has 4 heteroatoms. The molecule has 1 heterocycles. The quantitative estimate of drug-likeness (QED) is 0.853. The number of fused-ring (bicyclic) bond motifs is 1. The van der Waals surface area contributed by atoms with Gasteiger partial charge in [-0.3, -0.25) is 4.79 Å². The molecule has 1 aliphatic heterocycles. The molecule has 0 radical (unpaired) electrons. The summed E-state index contributed by atoms with van der Waals surface area (Å²) in [6.45, 7) is 0.827. The molecule has 3 rings (SSSR count). The molecule has 2 aliphatic rings. The highest BCUT2D eigenvalue weighted by Gasteiger charge is 2.23. The van der Waals surface area contributed by atoms with Gasteiger partial charge in [0.15, 0.2) is 17.3 Å². The van der Waals surface area contributed by atoms with Crippen LogP contribution in [0.2, 0.25) is 0 Å². The zero-order valence-electron chi connectivity index (χ0n) is 12.0. The van der Waals surface area contributed by atoms with Crippen molar-refractivity contribution in [2.75, 3.05) is 20.5 Å². The van der Waals surface area contributed by atoms with Gasteiger partial charge < -0.3 is 14.2 Å². The third-order valence-corrected chi connectivity index (χ3v) is 3.74. The van der Waals surface area contributed by atoms with E-state index in [0.717, 1.165) is 29.1 Å². The van der Waals surface area contributed by atoms with E-state index in [1.54, 1.807) is 13.2 Å². The zero-order valence-corrected chi connectivity index (χ0v) is 12.0. The lowest BCUT2D eigenvalue weighted by Gasteiger charge is -2.21. The molecule has 4 nitrogen and oxygen atoms in total. The maximum absolute atomic E-state index is 11.9. The van der Waals surface area contributed by atoms with Gasteiger partial charge in [-0.1, -0.05) is 18.2 Å². The van der Waals surface area contributed by atoms with E-state index >= 15 is 0 Å². The van der Waals surface area contributed by atoms with E-state index in [2.05, 4.69) is 0 Å². The van der Waals surface area contributed by atoms with E-state index in [0.29, 0.717) is 13.0 Å². The Bertz CT molecular complexity index is 601. The molecule has 0 unspecified atom stereocenters. The van der Waals surface area contributed by atoms with Gasteiger partial charge in [0.05, 0.1) is 6.61 Å². The molecule has 110 valence electrons. The van der Waals surface area contributed by atoms with Crippen LogP contribution in [0.5, 0.6) is 11.5 Å². The summed E-state index contributed by atoms with van der Waals surface area (Å²) in [6, 6.07) is 5.93. The smallest absolute Gasteiger partial charge is 0.231 e. The second kappa shape index (κ2) is 6.14. The minimum absolute atomic E-state index is 0.168. The Morgan fingerprint density at radius 2 is 2.14 bits per heavy atom. The molecule has 1 aromatic carbocycles. The first kappa shape index (κ1) is 13.9. The van der Waals surface area contributed by atoms with E-state index in [1.807, 2.05) is 30.4 Å². The molecule has 0 saturated heterocycles. The van der Waals surface area contributed by atoms with E-state index in [-0.39, 0.29) is 18.5 Å². The Balaban J connectivity index is 1.77. The third kappa shape index (κ3) is 3.16. The van der Waals surface area contributed by atoms with Crippen LogP contribution < -0.4 is 9.47 Å². The number of carbonyl (C=O) groups excluding carboxylic acids is 1. The van der Waals surface area contributed by atoms with Crippen LogP contribution in [-0.4, -0.2) is 26.3 Å². The van der Waals surface area contributed by atoms with Gasteiger partial charge in [0, 0.05) is 13.5 Å². The topological polar surface area (TPSA) is 44.8 Å². The standard InChI is InChI=1S/C17H18O4/c1-19-6-2-3-12-7-14(9-15(18)8-12)13-4-5-16-17(10-13)21-11-20-16/h2-5,8,10,14H,6-7,9,11H2,1H3/b3-2+/t14-/m1/s1. The predicted octanol–water partition coefficient (Wildman–Crippen LogP) is 2.99. The zero-order chi connectivity index (χ0) is 14.7. The third-order valence-electron chi connectivity index (χ3n) is 3.74. The number of methoxy groups -OCH3 is 1. The van der Waals surface area contributed by atoms with Crippen LogP contribution in [0.1, 0.15) is 24.3 Å². The van der Waals surface area contributed by atoms with E-state index in [4.69, 9.17) is 14.2 Å². The summed E-state index contributed by atoms with van der Waals surface area (Å²) in [5, 5.41) is 0. The minimum Gasteiger partial charge on any atom is -0.454 e. The van der Waals surface area contributed by atoms with E-state index < -0.39 is 0 Å². The largest absolute Gasteiger partial charge is 0.454 e. The van der Waals surface area contributed by atoms with Gasteiger partial charge in [0.2, 0.25) is 6.79 Å². The molecule has 0 fully saturated rings. The van der Waals surface area contributed by atoms with Crippen LogP contribution in [0.25, 0.3) is 0 Å². The average Bonchev–Trinajstić information content (AvgIpc) is 2.94.